The molecule has 0 radical (unpaired) electrons. The second-order valence-corrected chi connectivity index (χ2v) is 3.19. The van der Waals surface area contributed by atoms with E-state index in [4.69, 9.17) is 7.85 Å². The number of hydrogen-bond acceptors (Lipinski definition) is 1. The summed E-state index contributed by atoms with van der Waals surface area (Å²) < 4.78 is 14.3. The van der Waals surface area contributed by atoms with Gasteiger partial charge in [0.1, 0.15) is 0 Å². The lowest BCUT2D eigenvalue weighted by Crippen LogP contribution is -2.11. The van der Waals surface area contributed by atoms with E-state index in [9.17, 15) is 4.79 Å². The van der Waals surface area contributed by atoms with Gasteiger partial charge in [-0.25, -0.2) is 4.79 Å². The first-order valence-corrected chi connectivity index (χ1v) is 4.08. The van der Waals surface area contributed by atoms with Gasteiger partial charge in [0.05, 0.1) is 2.74 Å². The number of carboxylic acid groups (broad SMARTS) is 1. The van der Waals surface area contributed by atoms with E-state index in [1.54, 1.807) is 13.0 Å². The van der Waals surface area contributed by atoms with Crippen molar-refractivity contribution in [2.75, 3.05) is 0 Å². The maximum atomic E-state index is 10.6. The van der Waals surface area contributed by atoms with Crippen molar-refractivity contribution < 1.29 is 12.6 Å². The molecule has 0 saturated heterocycles. The van der Waals surface area contributed by atoms with Gasteiger partial charge in [0.2, 0.25) is 0 Å². The summed E-state index contributed by atoms with van der Waals surface area (Å²) in [7, 11) is 0. The Bertz CT molecular complexity index is 301. The molecular formula is C10H14O2. The molecule has 1 N–H and O–H groups in total. The molecule has 1 rings (SSSR count). The van der Waals surface area contributed by atoms with E-state index < -0.39 is 5.97 Å². The Hall–Kier alpha value is -1.05. The minimum absolute atomic E-state index is 0.137. The van der Waals surface area contributed by atoms with E-state index in [2.05, 4.69) is 0 Å². The zero-order chi connectivity index (χ0) is 10.7. The largest absolute Gasteiger partial charge is 0.478 e. The molecule has 66 valence electrons. The van der Waals surface area contributed by atoms with E-state index >= 15 is 0 Å². The smallest absolute Gasteiger partial charge is 0.331 e. The van der Waals surface area contributed by atoms with Crippen LogP contribution >= 0.6 is 0 Å². The third kappa shape index (κ3) is 1.97. The molecule has 1 atom stereocenters. The van der Waals surface area contributed by atoms with Crippen molar-refractivity contribution in [2.45, 2.75) is 26.2 Å². The summed E-state index contributed by atoms with van der Waals surface area (Å²) in [4.78, 5) is 10.6. The third-order valence-electron chi connectivity index (χ3n) is 2.30. The maximum Gasteiger partial charge on any atom is 0.331 e. The molecule has 0 heterocycles. The molecular weight excluding hydrogens is 153 g/mol. The Labute approximate surface area is 75.4 Å². The van der Waals surface area contributed by atoms with Crippen molar-refractivity contribution >= 4 is 5.97 Å². The molecule has 0 amide bonds. The number of carboxylic acids is 1. The van der Waals surface area contributed by atoms with E-state index in [1.807, 2.05) is 0 Å². The highest BCUT2D eigenvalue weighted by molar-refractivity contribution is 5.86. The Kier molecular flexibility index (Phi) is 1.92. The van der Waals surface area contributed by atoms with Gasteiger partial charge in [-0.1, -0.05) is 18.2 Å². The molecule has 0 bridgehead atoms. The van der Waals surface area contributed by atoms with E-state index in [-0.39, 0.29) is 12.4 Å². The van der Waals surface area contributed by atoms with Crippen LogP contribution in [0.2, 0.25) is 0 Å². The normalized spacial score (nSPS) is 25.1. The summed E-state index contributed by atoms with van der Waals surface area (Å²) >= 11 is 0. The van der Waals surface area contributed by atoms with Gasteiger partial charge in [0.15, 0.2) is 0 Å². The zero-order valence-corrected chi connectivity index (χ0v) is 7.13. The number of rotatable bonds is 2. The lowest BCUT2D eigenvalue weighted by atomic mass is 9.86. The van der Waals surface area contributed by atoms with E-state index in [0.717, 1.165) is 12.0 Å². The highest BCUT2D eigenvalue weighted by atomic mass is 16.4. The summed E-state index contributed by atoms with van der Waals surface area (Å²) in [6.45, 7) is 1.64. The number of carbonyl (C=O) groups is 1. The Morgan fingerprint density at radius 1 is 1.92 bits per heavy atom. The van der Waals surface area contributed by atoms with Crippen LogP contribution in [0.5, 0.6) is 0 Å². The van der Waals surface area contributed by atoms with E-state index in [0.29, 0.717) is 18.4 Å². The summed E-state index contributed by atoms with van der Waals surface area (Å²) in [5.74, 6) is -0.662. The molecule has 1 aliphatic rings. The topological polar surface area (TPSA) is 37.3 Å². The fourth-order valence-corrected chi connectivity index (χ4v) is 1.42. The lowest BCUT2D eigenvalue weighted by molar-refractivity contribution is -0.132. The van der Waals surface area contributed by atoms with Crippen molar-refractivity contribution in [1.29, 1.82) is 0 Å². The van der Waals surface area contributed by atoms with Gasteiger partial charge in [-0.3, -0.25) is 0 Å². The lowest BCUT2D eigenvalue weighted by Gasteiger charge is -2.19. The first-order chi connectivity index (χ1) is 6.52. The molecule has 12 heavy (non-hydrogen) atoms. The minimum Gasteiger partial charge on any atom is -0.478 e. The molecule has 2 nitrogen and oxygen atoms in total. The molecule has 0 spiro atoms. The third-order valence-corrected chi connectivity index (χ3v) is 2.30. The van der Waals surface area contributed by atoms with Crippen LogP contribution in [0.1, 0.15) is 28.9 Å². The second-order valence-electron chi connectivity index (χ2n) is 3.19. The molecule has 0 aromatic carbocycles. The zero-order valence-electron chi connectivity index (χ0n) is 9.13. The van der Waals surface area contributed by atoms with Gasteiger partial charge in [0, 0.05) is 5.57 Å². The Balaban J connectivity index is 2.68. The van der Waals surface area contributed by atoms with Gasteiger partial charge in [0.25, 0.3) is 0 Å². The molecule has 2 heteroatoms. The molecule has 0 unspecified atom stereocenters. The maximum absolute atomic E-state index is 10.6. The Morgan fingerprint density at radius 2 is 2.67 bits per heavy atom. The summed E-state index contributed by atoms with van der Waals surface area (Å²) in [6, 6.07) is 0. The Morgan fingerprint density at radius 3 is 3.08 bits per heavy atom. The molecule has 0 aromatic rings. The molecule has 0 fully saturated rings. The van der Waals surface area contributed by atoms with Crippen molar-refractivity contribution in [1.82, 2.24) is 0 Å². The fraction of sp³-hybridized carbons (Fsp3) is 0.500. The van der Waals surface area contributed by atoms with E-state index in [1.165, 1.54) is 0 Å². The summed E-state index contributed by atoms with van der Waals surface area (Å²) in [6.07, 6.45) is 3.65. The van der Waals surface area contributed by atoms with Crippen LogP contribution in [0.15, 0.2) is 23.8 Å². The second kappa shape index (κ2) is 3.57. The summed E-state index contributed by atoms with van der Waals surface area (Å²) in [5.41, 5.74) is 1.22. The van der Waals surface area contributed by atoms with Gasteiger partial charge in [-0.05, 0) is 32.1 Å². The average Bonchev–Trinajstić information content (AvgIpc) is 2.16. The monoisotopic (exact) mass is 169 g/mol. The number of aliphatic carboxylic acids is 1. The average molecular weight is 169 g/mol. The first kappa shape index (κ1) is 6.46. The van der Waals surface area contributed by atoms with Crippen LogP contribution in [0, 0.1) is 5.92 Å². The standard InChI is InChI=1S/C10H14O2/c1-7(2)8-3-5-9(6-4-8)10(11)12/h5,8H,1,3-4,6H2,2H3,(H,11,12)/t8-/m1/s1/i1+1D2. The van der Waals surface area contributed by atoms with Crippen molar-refractivity contribution in [2.24, 2.45) is 5.92 Å². The van der Waals surface area contributed by atoms with Crippen LogP contribution in [0.4, 0.5) is 0 Å². The van der Waals surface area contributed by atoms with Crippen molar-refractivity contribution in [3.05, 3.63) is 23.8 Å². The SMILES string of the molecule is [2H][13C]([2H])=C(C)[C@@H]1CC=C(C(=O)O)CC1. The van der Waals surface area contributed by atoms with Gasteiger partial charge < -0.3 is 5.11 Å². The number of allylic oxidation sites excluding steroid dienone is 2. The number of hydrogen-bond donors (Lipinski definition) is 1. The fourth-order valence-electron chi connectivity index (χ4n) is 1.42. The predicted octanol–water partition coefficient (Wildman–Crippen LogP) is 2.37. The van der Waals surface area contributed by atoms with Gasteiger partial charge in [-0.2, -0.15) is 0 Å². The quantitative estimate of drug-likeness (QED) is 0.509. The molecule has 0 aromatic heterocycles. The van der Waals surface area contributed by atoms with Crippen LogP contribution < -0.4 is 0 Å². The highest BCUT2D eigenvalue weighted by Crippen LogP contribution is 2.27. The van der Waals surface area contributed by atoms with Gasteiger partial charge >= 0.3 is 5.97 Å². The molecule has 1 aliphatic carbocycles. The van der Waals surface area contributed by atoms with Crippen LogP contribution in [-0.2, 0) is 4.79 Å². The van der Waals surface area contributed by atoms with Crippen molar-refractivity contribution in [3.63, 3.8) is 0 Å². The van der Waals surface area contributed by atoms with Crippen LogP contribution in [-0.4, -0.2) is 11.1 Å². The minimum atomic E-state index is -0.845. The first-order valence-electron chi connectivity index (χ1n) is 5.08. The van der Waals surface area contributed by atoms with Crippen LogP contribution in [0.25, 0.3) is 0 Å². The molecule has 0 aliphatic heterocycles. The predicted molar refractivity (Wildman–Crippen MR) is 47.9 cm³/mol. The van der Waals surface area contributed by atoms with Gasteiger partial charge in [-0.15, -0.1) is 0 Å². The highest BCUT2D eigenvalue weighted by Gasteiger charge is 2.17. The van der Waals surface area contributed by atoms with Crippen LogP contribution in [0.3, 0.4) is 0 Å². The summed E-state index contributed by atoms with van der Waals surface area (Å²) in [5, 5.41) is 8.72. The molecule has 0 saturated carbocycles. The van der Waals surface area contributed by atoms with Crippen molar-refractivity contribution in [3.8, 4) is 0 Å².